The van der Waals surface area contributed by atoms with Crippen LogP contribution in [0.15, 0.2) is 0 Å². The van der Waals surface area contributed by atoms with Crippen LogP contribution >= 0.6 is 11.8 Å². The van der Waals surface area contributed by atoms with Crippen LogP contribution in [-0.4, -0.2) is 30.1 Å². The Morgan fingerprint density at radius 2 is 2.23 bits per heavy atom. The molecule has 0 aliphatic carbocycles. The molecule has 0 fully saturated rings. The minimum Gasteiger partial charge on any atom is -0.465 e. The number of hydrogen-bond donors (Lipinski definition) is 1. The maximum absolute atomic E-state index is 11.3. The van der Waals surface area contributed by atoms with Gasteiger partial charge in [-0.3, -0.25) is 4.79 Å². The van der Waals surface area contributed by atoms with Gasteiger partial charge in [-0.25, -0.2) is 0 Å². The van der Waals surface area contributed by atoms with E-state index in [0.717, 1.165) is 18.6 Å². The number of hydrogen-bond acceptors (Lipinski definition) is 4. The van der Waals surface area contributed by atoms with Crippen molar-refractivity contribution in [2.45, 2.75) is 31.9 Å². The molecule has 0 aliphatic rings. The van der Waals surface area contributed by atoms with E-state index in [2.05, 4.69) is 0 Å². The van der Waals surface area contributed by atoms with E-state index >= 15 is 0 Å². The van der Waals surface area contributed by atoms with Crippen molar-refractivity contribution in [3.8, 4) is 0 Å². The van der Waals surface area contributed by atoms with Crippen molar-refractivity contribution in [2.75, 3.05) is 18.9 Å². The van der Waals surface area contributed by atoms with Crippen LogP contribution in [0.1, 0.15) is 26.7 Å². The molecule has 0 aromatic carbocycles. The van der Waals surface area contributed by atoms with Gasteiger partial charge in [0.05, 0.1) is 6.61 Å². The molecule has 0 spiro atoms. The van der Waals surface area contributed by atoms with Crippen LogP contribution < -0.4 is 5.73 Å². The number of rotatable bonds is 7. The number of carbonyl (C=O) groups excluding carboxylic acids is 1. The molecule has 4 heteroatoms. The summed E-state index contributed by atoms with van der Waals surface area (Å²) in [6.07, 6.45) is 1.79. The summed E-state index contributed by atoms with van der Waals surface area (Å²) in [6, 6.07) is 0. The summed E-state index contributed by atoms with van der Waals surface area (Å²) in [5.74, 6) is 0.848. The fourth-order valence-corrected chi connectivity index (χ4v) is 1.95. The lowest BCUT2D eigenvalue weighted by Gasteiger charge is -2.12. The Kier molecular flexibility index (Phi) is 8.24. The normalized spacial score (nSPS) is 12.5. The molecule has 0 heterocycles. The van der Waals surface area contributed by atoms with Crippen LogP contribution in [0.4, 0.5) is 0 Å². The molecule has 3 nitrogen and oxygen atoms in total. The van der Waals surface area contributed by atoms with Gasteiger partial charge < -0.3 is 10.5 Å². The lowest BCUT2D eigenvalue weighted by Crippen LogP contribution is -2.20. The van der Waals surface area contributed by atoms with Crippen LogP contribution in [0.5, 0.6) is 0 Å². The van der Waals surface area contributed by atoms with Crippen molar-refractivity contribution in [2.24, 2.45) is 5.73 Å². The van der Waals surface area contributed by atoms with Crippen LogP contribution in [0.2, 0.25) is 0 Å². The minimum absolute atomic E-state index is 0.00787. The van der Waals surface area contributed by atoms with Crippen LogP contribution in [0, 0.1) is 0 Å². The number of ether oxygens (including phenoxy) is 1. The molecule has 0 aromatic rings. The number of nitrogens with two attached hydrogens (primary N) is 1. The smallest absolute Gasteiger partial charge is 0.319 e. The minimum atomic E-state index is -0.0907. The second kappa shape index (κ2) is 8.38. The lowest BCUT2D eigenvalue weighted by atomic mass is 10.3. The molecule has 0 saturated carbocycles. The first-order valence-electron chi connectivity index (χ1n) is 4.74. The Morgan fingerprint density at radius 3 is 2.69 bits per heavy atom. The molecular weight excluding hydrogens is 186 g/mol. The second-order valence-electron chi connectivity index (χ2n) is 2.66. The van der Waals surface area contributed by atoms with E-state index in [1.54, 1.807) is 11.8 Å². The highest BCUT2D eigenvalue weighted by molar-refractivity contribution is 8.00. The maximum Gasteiger partial charge on any atom is 0.319 e. The van der Waals surface area contributed by atoms with E-state index in [1.165, 1.54) is 0 Å². The summed E-state index contributed by atoms with van der Waals surface area (Å²) in [5.41, 5.74) is 5.36. The molecule has 2 N–H and O–H groups in total. The average Bonchev–Trinajstić information content (AvgIpc) is 2.13. The zero-order valence-electron chi connectivity index (χ0n) is 8.41. The molecule has 1 atom stereocenters. The van der Waals surface area contributed by atoms with Crippen LogP contribution in [0.25, 0.3) is 0 Å². The topological polar surface area (TPSA) is 52.3 Å². The number of esters is 1. The van der Waals surface area contributed by atoms with Crippen molar-refractivity contribution >= 4 is 17.7 Å². The largest absolute Gasteiger partial charge is 0.465 e. The molecule has 1 unspecified atom stereocenters. The molecule has 0 aliphatic heterocycles. The standard InChI is InChI=1S/C9H19NO2S/c1-3-8(9(11)12-4-2)13-7-5-6-10/h8H,3-7,10H2,1-2H3. The Balaban J connectivity index is 3.67. The zero-order chi connectivity index (χ0) is 10.1. The van der Waals surface area contributed by atoms with Gasteiger partial charge in [-0.05, 0) is 32.1 Å². The highest BCUT2D eigenvalue weighted by Gasteiger charge is 2.17. The summed E-state index contributed by atoms with van der Waals surface area (Å²) in [4.78, 5) is 11.3. The summed E-state index contributed by atoms with van der Waals surface area (Å²) < 4.78 is 4.93. The number of thioether (sulfide) groups is 1. The van der Waals surface area contributed by atoms with Crippen molar-refractivity contribution in [1.29, 1.82) is 0 Å². The first-order valence-corrected chi connectivity index (χ1v) is 5.79. The van der Waals surface area contributed by atoms with Gasteiger partial charge in [0.15, 0.2) is 0 Å². The Morgan fingerprint density at radius 1 is 1.54 bits per heavy atom. The molecule has 0 saturated heterocycles. The predicted octanol–water partition coefficient (Wildman–Crippen LogP) is 1.41. The molecule has 0 bridgehead atoms. The molecule has 0 radical (unpaired) electrons. The molecule has 13 heavy (non-hydrogen) atoms. The fraction of sp³-hybridized carbons (Fsp3) is 0.889. The third-order valence-electron chi connectivity index (χ3n) is 1.59. The second-order valence-corrected chi connectivity index (χ2v) is 3.97. The van der Waals surface area contributed by atoms with Gasteiger partial charge in [0.1, 0.15) is 5.25 Å². The summed E-state index contributed by atoms with van der Waals surface area (Å²) >= 11 is 1.64. The van der Waals surface area contributed by atoms with E-state index in [-0.39, 0.29) is 11.2 Å². The van der Waals surface area contributed by atoms with Crippen molar-refractivity contribution in [3.63, 3.8) is 0 Å². The molecule has 0 amide bonds. The number of carbonyl (C=O) groups is 1. The highest BCUT2D eigenvalue weighted by atomic mass is 32.2. The van der Waals surface area contributed by atoms with Crippen molar-refractivity contribution in [3.05, 3.63) is 0 Å². The molecular formula is C9H19NO2S. The van der Waals surface area contributed by atoms with Gasteiger partial charge in [-0.1, -0.05) is 6.92 Å². The van der Waals surface area contributed by atoms with Gasteiger partial charge in [-0.15, -0.1) is 11.8 Å². The van der Waals surface area contributed by atoms with E-state index in [0.29, 0.717) is 13.2 Å². The summed E-state index contributed by atoms with van der Waals surface area (Å²) in [5, 5.41) is -0.00787. The van der Waals surface area contributed by atoms with Gasteiger partial charge in [0.25, 0.3) is 0 Å². The zero-order valence-corrected chi connectivity index (χ0v) is 9.23. The quantitative estimate of drug-likeness (QED) is 0.504. The van der Waals surface area contributed by atoms with Crippen molar-refractivity contribution in [1.82, 2.24) is 0 Å². The van der Waals surface area contributed by atoms with Gasteiger partial charge in [-0.2, -0.15) is 0 Å². The first-order chi connectivity index (χ1) is 6.26. The van der Waals surface area contributed by atoms with E-state index < -0.39 is 0 Å². The van der Waals surface area contributed by atoms with Gasteiger partial charge in [0, 0.05) is 0 Å². The third kappa shape index (κ3) is 5.93. The summed E-state index contributed by atoms with van der Waals surface area (Å²) in [6.45, 7) is 4.98. The Labute approximate surface area is 84.4 Å². The highest BCUT2D eigenvalue weighted by Crippen LogP contribution is 2.16. The first kappa shape index (κ1) is 12.8. The molecule has 78 valence electrons. The summed E-state index contributed by atoms with van der Waals surface area (Å²) in [7, 11) is 0. The van der Waals surface area contributed by atoms with Crippen molar-refractivity contribution < 1.29 is 9.53 Å². The Bertz CT molecular complexity index is 142. The lowest BCUT2D eigenvalue weighted by molar-refractivity contribution is -0.142. The molecule has 0 aromatic heterocycles. The molecule has 0 rings (SSSR count). The Hall–Kier alpha value is -0.220. The van der Waals surface area contributed by atoms with E-state index in [9.17, 15) is 4.79 Å². The third-order valence-corrected chi connectivity index (χ3v) is 3.04. The fourth-order valence-electron chi connectivity index (χ4n) is 0.897. The predicted molar refractivity (Wildman–Crippen MR) is 56.8 cm³/mol. The van der Waals surface area contributed by atoms with E-state index in [4.69, 9.17) is 10.5 Å². The maximum atomic E-state index is 11.3. The van der Waals surface area contributed by atoms with Gasteiger partial charge in [0.2, 0.25) is 0 Å². The van der Waals surface area contributed by atoms with Crippen LogP contribution in [0.3, 0.4) is 0 Å². The van der Waals surface area contributed by atoms with Crippen LogP contribution in [-0.2, 0) is 9.53 Å². The van der Waals surface area contributed by atoms with E-state index in [1.807, 2.05) is 13.8 Å². The SMILES string of the molecule is CCOC(=O)C(CC)SCCCN. The monoisotopic (exact) mass is 205 g/mol. The average molecular weight is 205 g/mol. The van der Waals surface area contributed by atoms with Gasteiger partial charge >= 0.3 is 5.97 Å².